The number of anilines is 3. The smallest absolute Gasteiger partial charge is 0.246 e. The number of thiophene rings is 1. The molecule has 0 aliphatic carbocycles. The molecule has 5 rings (SSSR count). The zero-order valence-corrected chi connectivity index (χ0v) is 16.6. The normalized spacial score (nSPS) is 18.7. The van der Waals surface area contributed by atoms with E-state index in [1.807, 2.05) is 24.4 Å². The van der Waals surface area contributed by atoms with Crippen molar-refractivity contribution >= 4 is 51.0 Å². The van der Waals surface area contributed by atoms with Gasteiger partial charge in [0.2, 0.25) is 17.8 Å². The number of fused-ring (bicyclic) bond motifs is 1. The summed E-state index contributed by atoms with van der Waals surface area (Å²) in [6, 6.07) is 3.90. The van der Waals surface area contributed by atoms with Crippen LogP contribution in [0, 0.1) is 6.92 Å². The third-order valence-corrected chi connectivity index (χ3v) is 6.19. The van der Waals surface area contributed by atoms with E-state index in [0.29, 0.717) is 43.5 Å². The number of nitrogens with zero attached hydrogens (tertiary/aromatic N) is 4. The number of piperidine rings is 1. The number of aryl methyl sites for hydroxylation is 1. The number of aromatic nitrogens is 4. The Hall–Kier alpha value is -3.21. The standard InChI is InChI=1S/C18H20N8O2S/c1-10-8-12(25-24-10)20-14-11-2-7-29-15(11)22-17(21-14)26-5-3-18(4-6-26)16(28)19-9-13(27)23-18/h2,7-8H,3-6,9H2,1H3,(H,19,28)(H,23,27)(H2,20,21,22,24,25). The number of hydrogen-bond donors (Lipinski definition) is 4. The first-order valence-corrected chi connectivity index (χ1v) is 10.3. The van der Waals surface area contributed by atoms with E-state index in [1.165, 1.54) is 0 Å². The summed E-state index contributed by atoms with van der Waals surface area (Å²) in [7, 11) is 0. The molecule has 2 saturated heterocycles. The van der Waals surface area contributed by atoms with Gasteiger partial charge in [0.1, 0.15) is 16.2 Å². The lowest BCUT2D eigenvalue weighted by molar-refractivity contribution is -0.139. The highest BCUT2D eigenvalue weighted by molar-refractivity contribution is 7.16. The Kier molecular flexibility index (Phi) is 4.12. The summed E-state index contributed by atoms with van der Waals surface area (Å²) in [5, 5.41) is 18.9. The van der Waals surface area contributed by atoms with Crippen LogP contribution in [0.4, 0.5) is 17.6 Å². The number of carbonyl (C=O) groups excluding carboxylic acids is 2. The van der Waals surface area contributed by atoms with E-state index in [-0.39, 0.29) is 18.4 Å². The maximum absolute atomic E-state index is 12.4. The van der Waals surface area contributed by atoms with Crippen molar-refractivity contribution in [2.75, 3.05) is 29.9 Å². The van der Waals surface area contributed by atoms with E-state index in [9.17, 15) is 9.59 Å². The number of amides is 2. The Balaban J connectivity index is 1.41. The third kappa shape index (κ3) is 3.16. The number of piperazine rings is 1. The summed E-state index contributed by atoms with van der Waals surface area (Å²) >= 11 is 1.55. The van der Waals surface area contributed by atoms with Crippen LogP contribution in [0.25, 0.3) is 10.2 Å². The molecule has 11 heteroatoms. The molecule has 2 fully saturated rings. The Morgan fingerprint density at radius 1 is 1.24 bits per heavy atom. The minimum atomic E-state index is -0.827. The van der Waals surface area contributed by atoms with Crippen LogP contribution >= 0.6 is 11.3 Å². The van der Waals surface area contributed by atoms with Crippen molar-refractivity contribution in [3.05, 3.63) is 23.2 Å². The predicted octanol–water partition coefficient (Wildman–Crippen LogP) is 1.05. The van der Waals surface area contributed by atoms with Crippen molar-refractivity contribution in [1.29, 1.82) is 0 Å². The molecule has 4 N–H and O–H groups in total. The van der Waals surface area contributed by atoms with Crippen LogP contribution in [0.1, 0.15) is 18.5 Å². The van der Waals surface area contributed by atoms with Crippen molar-refractivity contribution in [1.82, 2.24) is 30.8 Å². The molecule has 2 amide bonds. The lowest BCUT2D eigenvalue weighted by Gasteiger charge is -2.43. The van der Waals surface area contributed by atoms with Crippen molar-refractivity contribution < 1.29 is 9.59 Å². The van der Waals surface area contributed by atoms with Crippen LogP contribution in [0.2, 0.25) is 0 Å². The second-order valence-corrected chi connectivity index (χ2v) is 8.27. The lowest BCUT2D eigenvalue weighted by atomic mass is 9.85. The Morgan fingerprint density at radius 2 is 2.07 bits per heavy atom. The van der Waals surface area contributed by atoms with Crippen molar-refractivity contribution in [2.45, 2.75) is 25.3 Å². The highest BCUT2D eigenvalue weighted by Crippen LogP contribution is 2.32. The molecule has 0 saturated carbocycles. The summed E-state index contributed by atoms with van der Waals surface area (Å²) in [4.78, 5) is 36.5. The number of carbonyl (C=O) groups is 2. The minimum Gasteiger partial charge on any atom is -0.345 e. The highest BCUT2D eigenvalue weighted by atomic mass is 32.1. The number of rotatable bonds is 3. The average Bonchev–Trinajstić information content (AvgIpc) is 3.34. The van der Waals surface area contributed by atoms with Gasteiger partial charge < -0.3 is 20.9 Å². The van der Waals surface area contributed by atoms with Gasteiger partial charge in [0.15, 0.2) is 5.82 Å². The topological polar surface area (TPSA) is 128 Å². The summed E-state index contributed by atoms with van der Waals surface area (Å²) in [6.07, 6.45) is 1.02. The zero-order chi connectivity index (χ0) is 20.0. The average molecular weight is 412 g/mol. The molecule has 29 heavy (non-hydrogen) atoms. The summed E-state index contributed by atoms with van der Waals surface area (Å²) in [6.45, 7) is 3.13. The van der Waals surface area contributed by atoms with E-state index < -0.39 is 5.54 Å². The molecule has 2 aliphatic heterocycles. The van der Waals surface area contributed by atoms with E-state index in [0.717, 1.165) is 15.9 Å². The van der Waals surface area contributed by atoms with Crippen molar-refractivity contribution in [3.63, 3.8) is 0 Å². The molecule has 0 radical (unpaired) electrons. The number of hydrogen-bond acceptors (Lipinski definition) is 8. The van der Waals surface area contributed by atoms with Gasteiger partial charge in [0.05, 0.1) is 11.9 Å². The van der Waals surface area contributed by atoms with Gasteiger partial charge in [0, 0.05) is 24.8 Å². The zero-order valence-electron chi connectivity index (χ0n) is 15.8. The monoisotopic (exact) mass is 412 g/mol. The number of H-pyrrole nitrogens is 1. The molecule has 150 valence electrons. The quantitative estimate of drug-likeness (QED) is 0.506. The molecule has 5 heterocycles. The van der Waals surface area contributed by atoms with E-state index in [4.69, 9.17) is 9.97 Å². The molecule has 2 aliphatic rings. The summed E-state index contributed by atoms with van der Waals surface area (Å²) < 4.78 is 0. The molecular weight excluding hydrogens is 392 g/mol. The molecule has 0 atom stereocenters. The maximum atomic E-state index is 12.4. The van der Waals surface area contributed by atoms with Gasteiger partial charge in [-0.15, -0.1) is 11.3 Å². The van der Waals surface area contributed by atoms with Gasteiger partial charge in [0.25, 0.3) is 0 Å². The molecule has 0 unspecified atom stereocenters. The first kappa shape index (κ1) is 17.9. The first-order valence-electron chi connectivity index (χ1n) is 9.41. The Bertz CT molecular complexity index is 1100. The van der Waals surface area contributed by atoms with Crippen LogP contribution < -0.4 is 20.9 Å². The fourth-order valence-electron chi connectivity index (χ4n) is 3.82. The molecule has 3 aromatic heterocycles. The SMILES string of the molecule is Cc1cc(Nc2nc(N3CCC4(CC3)NC(=O)CNC4=O)nc3sccc23)n[nH]1. The van der Waals surface area contributed by atoms with Gasteiger partial charge in [-0.25, -0.2) is 4.98 Å². The molecule has 0 bridgehead atoms. The molecule has 0 aromatic carbocycles. The first-order chi connectivity index (χ1) is 14.0. The molecular formula is C18H20N8O2S. The van der Waals surface area contributed by atoms with Crippen LogP contribution in [0.15, 0.2) is 17.5 Å². The van der Waals surface area contributed by atoms with E-state index in [1.54, 1.807) is 11.3 Å². The lowest BCUT2D eigenvalue weighted by Crippen LogP contribution is -2.68. The third-order valence-electron chi connectivity index (χ3n) is 5.39. The second kappa shape index (κ2) is 6.69. The second-order valence-electron chi connectivity index (χ2n) is 7.37. The fourth-order valence-corrected chi connectivity index (χ4v) is 4.58. The molecule has 10 nitrogen and oxygen atoms in total. The maximum Gasteiger partial charge on any atom is 0.246 e. The largest absolute Gasteiger partial charge is 0.345 e. The van der Waals surface area contributed by atoms with Crippen LogP contribution in [-0.2, 0) is 9.59 Å². The van der Waals surface area contributed by atoms with Crippen molar-refractivity contribution in [2.24, 2.45) is 0 Å². The van der Waals surface area contributed by atoms with Crippen LogP contribution in [-0.4, -0.2) is 57.2 Å². The van der Waals surface area contributed by atoms with Crippen molar-refractivity contribution in [3.8, 4) is 0 Å². The highest BCUT2D eigenvalue weighted by Gasteiger charge is 2.45. The minimum absolute atomic E-state index is 0.0458. The van der Waals surface area contributed by atoms with Gasteiger partial charge in [-0.2, -0.15) is 10.1 Å². The van der Waals surface area contributed by atoms with Crippen LogP contribution in [0.5, 0.6) is 0 Å². The van der Waals surface area contributed by atoms with Gasteiger partial charge in [-0.1, -0.05) is 0 Å². The molecule has 1 spiro atoms. The van der Waals surface area contributed by atoms with Crippen LogP contribution in [0.3, 0.4) is 0 Å². The number of aromatic amines is 1. The predicted molar refractivity (Wildman–Crippen MR) is 109 cm³/mol. The van der Waals surface area contributed by atoms with Gasteiger partial charge >= 0.3 is 0 Å². The van der Waals surface area contributed by atoms with E-state index in [2.05, 4.69) is 31.0 Å². The summed E-state index contributed by atoms with van der Waals surface area (Å²) in [5.41, 5.74) is 0.129. The fraction of sp³-hybridized carbons (Fsp3) is 0.389. The van der Waals surface area contributed by atoms with E-state index >= 15 is 0 Å². The van der Waals surface area contributed by atoms with Gasteiger partial charge in [-0.3, -0.25) is 14.7 Å². The summed E-state index contributed by atoms with van der Waals surface area (Å²) in [5.74, 6) is 1.74. The van der Waals surface area contributed by atoms with Gasteiger partial charge in [-0.05, 0) is 31.2 Å². The molecule has 3 aromatic rings. The Morgan fingerprint density at radius 3 is 2.83 bits per heavy atom. The Labute approximate surface area is 170 Å². The number of nitrogens with one attached hydrogen (secondary N) is 4.